The van der Waals surface area contributed by atoms with Gasteiger partial charge in [0.2, 0.25) is 0 Å². The summed E-state index contributed by atoms with van der Waals surface area (Å²) in [6, 6.07) is 1.51. The molecule has 0 aromatic carbocycles. The van der Waals surface area contributed by atoms with Crippen molar-refractivity contribution in [1.29, 1.82) is 0 Å². The van der Waals surface area contributed by atoms with Crippen molar-refractivity contribution in [2.45, 2.75) is 52.6 Å². The lowest BCUT2D eigenvalue weighted by Gasteiger charge is -2.36. The zero-order valence-electron chi connectivity index (χ0n) is 10.2. The lowest BCUT2D eigenvalue weighted by atomic mass is 9.97. The molecule has 0 aliphatic carbocycles. The fourth-order valence-corrected chi connectivity index (χ4v) is 2.47. The van der Waals surface area contributed by atoms with Crippen LogP contribution in [-0.2, 0) is 0 Å². The Morgan fingerprint density at radius 3 is 2.50 bits per heavy atom. The van der Waals surface area contributed by atoms with Crippen molar-refractivity contribution < 1.29 is 0 Å². The van der Waals surface area contributed by atoms with Gasteiger partial charge in [0, 0.05) is 18.6 Å². The summed E-state index contributed by atoms with van der Waals surface area (Å²) >= 11 is 0. The van der Waals surface area contributed by atoms with Crippen molar-refractivity contribution >= 4 is 0 Å². The largest absolute Gasteiger partial charge is 0.315 e. The second-order valence-corrected chi connectivity index (χ2v) is 4.60. The molecule has 1 aliphatic rings. The molecule has 1 aliphatic heterocycles. The number of rotatable bonds is 5. The Bertz CT molecular complexity index is 152. The van der Waals surface area contributed by atoms with E-state index in [1.54, 1.807) is 0 Å². The summed E-state index contributed by atoms with van der Waals surface area (Å²) in [7, 11) is 0. The molecule has 3 atom stereocenters. The maximum absolute atomic E-state index is 3.46. The zero-order valence-corrected chi connectivity index (χ0v) is 10.2. The molecule has 1 fully saturated rings. The molecule has 0 amide bonds. The van der Waals surface area contributed by atoms with E-state index in [9.17, 15) is 0 Å². The highest BCUT2D eigenvalue weighted by Crippen LogP contribution is 2.19. The number of hydrogen-bond donors (Lipinski definition) is 1. The zero-order chi connectivity index (χ0) is 10.6. The minimum atomic E-state index is 0.731. The predicted octanol–water partition coefficient (Wildman–Crippen LogP) is 2.10. The summed E-state index contributed by atoms with van der Waals surface area (Å²) in [6.45, 7) is 12.9. The first-order valence-corrected chi connectivity index (χ1v) is 6.17. The minimum absolute atomic E-state index is 0.731. The van der Waals surface area contributed by atoms with Gasteiger partial charge in [-0.15, -0.1) is 0 Å². The third-order valence-corrected chi connectivity index (χ3v) is 3.86. The summed E-state index contributed by atoms with van der Waals surface area (Å²) in [4.78, 5) is 2.67. The van der Waals surface area contributed by atoms with Gasteiger partial charge >= 0.3 is 0 Å². The first kappa shape index (κ1) is 12.0. The molecule has 84 valence electrons. The van der Waals surface area contributed by atoms with Gasteiger partial charge in [-0.25, -0.2) is 0 Å². The SMILES string of the molecule is CCC(C)C(C)N(CC)C1CCNC1. The van der Waals surface area contributed by atoms with Crippen molar-refractivity contribution in [3.05, 3.63) is 0 Å². The van der Waals surface area contributed by atoms with Gasteiger partial charge in [0.1, 0.15) is 0 Å². The summed E-state index contributed by atoms with van der Waals surface area (Å²) < 4.78 is 0. The molecule has 0 aromatic heterocycles. The van der Waals surface area contributed by atoms with Gasteiger partial charge in [-0.2, -0.15) is 0 Å². The molecule has 0 aromatic rings. The molecule has 2 nitrogen and oxygen atoms in total. The van der Waals surface area contributed by atoms with Crippen molar-refractivity contribution in [2.75, 3.05) is 19.6 Å². The molecule has 0 bridgehead atoms. The molecule has 1 saturated heterocycles. The van der Waals surface area contributed by atoms with Gasteiger partial charge in [-0.1, -0.05) is 27.2 Å². The highest BCUT2D eigenvalue weighted by atomic mass is 15.2. The third-order valence-electron chi connectivity index (χ3n) is 3.86. The Morgan fingerprint density at radius 2 is 2.07 bits per heavy atom. The molecule has 3 unspecified atom stereocenters. The van der Waals surface area contributed by atoms with Crippen LogP contribution in [0, 0.1) is 5.92 Å². The normalized spacial score (nSPS) is 26.8. The van der Waals surface area contributed by atoms with E-state index < -0.39 is 0 Å². The maximum atomic E-state index is 3.46. The summed E-state index contributed by atoms with van der Waals surface area (Å²) in [5.74, 6) is 0.815. The molecule has 0 radical (unpaired) electrons. The van der Waals surface area contributed by atoms with E-state index in [0.717, 1.165) is 18.0 Å². The van der Waals surface area contributed by atoms with E-state index in [1.807, 2.05) is 0 Å². The average molecular weight is 198 g/mol. The predicted molar refractivity (Wildman–Crippen MR) is 62.6 cm³/mol. The molecule has 2 heteroatoms. The van der Waals surface area contributed by atoms with Crippen LogP contribution in [0.2, 0.25) is 0 Å². The Balaban J connectivity index is 2.50. The molecule has 0 spiro atoms. The number of likely N-dealkylation sites (N-methyl/N-ethyl adjacent to an activating group) is 1. The van der Waals surface area contributed by atoms with Gasteiger partial charge in [-0.05, 0) is 32.4 Å². The van der Waals surface area contributed by atoms with Crippen LogP contribution in [0.1, 0.15) is 40.5 Å². The molecule has 1 rings (SSSR count). The van der Waals surface area contributed by atoms with E-state index in [2.05, 4.69) is 37.9 Å². The summed E-state index contributed by atoms with van der Waals surface area (Å²) in [5.41, 5.74) is 0. The van der Waals surface area contributed by atoms with Gasteiger partial charge in [0.05, 0.1) is 0 Å². The highest BCUT2D eigenvalue weighted by molar-refractivity contribution is 4.84. The standard InChI is InChI=1S/C12H26N2/c1-5-10(3)11(4)14(6-2)12-7-8-13-9-12/h10-13H,5-9H2,1-4H3. The summed E-state index contributed by atoms with van der Waals surface area (Å²) in [6.07, 6.45) is 2.62. The van der Waals surface area contributed by atoms with E-state index in [-0.39, 0.29) is 0 Å². The van der Waals surface area contributed by atoms with E-state index in [0.29, 0.717) is 0 Å². The van der Waals surface area contributed by atoms with Crippen LogP contribution in [0.15, 0.2) is 0 Å². The lowest BCUT2D eigenvalue weighted by Crippen LogP contribution is -2.45. The van der Waals surface area contributed by atoms with Crippen LogP contribution >= 0.6 is 0 Å². The van der Waals surface area contributed by atoms with Crippen molar-refractivity contribution in [1.82, 2.24) is 10.2 Å². The highest BCUT2D eigenvalue weighted by Gasteiger charge is 2.26. The fourth-order valence-electron chi connectivity index (χ4n) is 2.47. The van der Waals surface area contributed by atoms with Crippen LogP contribution in [0.3, 0.4) is 0 Å². The second-order valence-electron chi connectivity index (χ2n) is 4.60. The number of nitrogens with one attached hydrogen (secondary N) is 1. The first-order chi connectivity index (χ1) is 6.70. The van der Waals surface area contributed by atoms with Gasteiger partial charge < -0.3 is 5.32 Å². The Morgan fingerprint density at radius 1 is 1.36 bits per heavy atom. The van der Waals surface area contributed by atoms with Gasteiger partial charge in [0.25, 0.3) is 0 Å². The van der Waals surface area contributed by atoms with Crippen LogP contribution < -0.4 is 5.32 Å². The molecular weight excluding hydrogens is 172 g/mol. The molecule has 1 N–H and O–H groups in total. The Kier molecular flexibility index (Phi) is 4.90. The van der Waals surface area contributed by atoms with Crippen molar-refractivity contribution in [2.24, 2.45) is 5.92 Å². The molecule has 14 heavy (non-hydrogen) atoms. The number of hydrogen-bond acceptors (Lipinski definition) is 2. The second kappa shape index (κ2) is 5.72. The first-order valence-electron chi connectivity index (χ1n) is 6.17. The van der Waals surface area contributed by atoms with Crippen LogP contribution in [-0.4, -0.2) is 36.6 Å². The minimum Gasteiger partial charge on any atom is -0.315 e. The third kappa shape index (κ3) is 2.71. The molecule has 1 heterocycles. The smallest absolute Gasteiger partial charge is 0.0235 e. The maximum Gasteiger partial charge on any atom is 0.0235 e. The summed E-state index contributed by atoms with van der Waals surface area (Å²) in [5, 5.41) is 3.46. The Hall–Kier alpha value is -0.0800. The van der Waals surface area contributed by atoms with E-state index in [1.165, 1.54) is 32.5 Å². The molecular formula is C12H26N2. The van der Waals surface area contributed by atoms with Gasteiger partial charge in [-0.3, -0.25) is 4.90 Å². The van der Waals surface area contributed by atoms with Gasteiger partial charge in [0.15, 0.2) is 0 Å². The van der Waals surface area contributed by atoms with Crippen LogP contribution in [0.25, 0.3) is 0 Å². The van der Waals surface area contributed by atoms with Crippen molar-refractivity contribution in [3.63, 3.8) is 0 Å². The number of nitrogens with zero attached hydrogens (tertiary/aromatic N) is 1. The quantitative estimate of drug-likeness (QED) is 0.728. The average Bonchev–Trinajstić information content (AvgIpc) is 2.71. The van der Waals surface area contributed by atoms with Crippen molar-refractivity contribution in [3.8, 4) is 0 Å². The van der Waals surface area contributed by atoms with E-state index >= 15 is 0 Å². The van der Waals surface area contributed by atoms with Crippen LogP contribution in [0.5, 0.6) is 0 Å². The Labute approximate surface area is 89.1 Å². The lowest BCUT2D eigenvalue weighted by molar-refractivity contribution is 0.121. The molecule has 0 saturated carbocycles. The topological polar surface area (TPSA) is 15.3 Å². The fraction of sp³-hybridized carbons (Fsp3) is 1.00. The van der Waals surface area contributed by atoms with E-state index in [4.69, 9.17) is 0 Å². The monoisotopic (exact) mass is 198 g/mol. The van der Waals surface area contributed by atoms with Crippen LogP contribution in [0.4, 0.5) is 0 Å².